The first-order chi connectivity index (χ1) is 23.9. The lowest BCUT2D eigenvalue weighted by molar-refractivity contribution is 0.0951. The molecule has 2 aromatic heterocycles. The maximum atomic E-state index is 12.3. The van der Waals surface area contributed by atoms with E-state index in [-0.39, 0.29) is 5.91 Å². The fourth-order valence-corrected chi connectivity index (χ4v) is 6.18. The summed E-state index contributed by atoms with van der Waals surface area (Å²) in [6, 6.07) is 19.7. The van der Waals surface area contributed by atoms with Crippen LogP contribution < -0.4 is 16.4 Å². The summed E-state index contributed by atoms with van der Waals surface area (Å²) in [6.45, 7) is 7.48. The Morgan fingerprint density at radius 1 is 0.898 bits per heavy atom. The number of rotatable bonds is 7. The standard InChI is InChI=1S/C33H34N8O.C7H14/c1-40-16-18-41(19-17-40)22-25-4-2-3-5-29(25)30-21-36-33(39-31(30)34)38-27-9-6-23(7-10-27)8-11-28-20-24(14-15-35-28)32(42)37-26-12-13-26;1-7-5-3-2-4-6-7/h2-7,9-10,14-15,20-21,26H,12-13,16-19,22H2,1H3,(H,37,42)(H3,34,36,38,39);7H,2-6H2,1H3. The zero-order valence-corrected chi connectivity index (χ0v) is 28.8. The summed E-state index contributed by atoms with van der Waals surface area (Å²) in [4.78, 5) is 30.5. The zero-order chi connectivity index (χ0) is 34.0. The van der Waals surface area contributed by atoms with Crippen LogP contribution in [0.1, 0.15) is 79.0 Å². The van der Waals surface area contributed by atoms with E-state index in [4.69, 9.17) is 5.73 Å². The Morgan fingerprint density at radius 3 is 2.35 bits per heavy atom. The van der Waals surface area contributed by atoms with Gasteiger partial charge in [0.1, 0.15) is 11.5 Å². The second-order valence-corrected chi connectivity index (χ2v) is 13.6. The van der Waals surface area contributed by atoms with Crippen LogP contribution in [0.4, 0.5) is 17.5 Å². The summed E-state index contributed by atoms with van der Waals surface area (Å²) >= 11 is 0. The first-order valence-electron chi connectivity index (χ1n) is 17.7. The molecule has 2 saturated carbocycles. The lowest BCUT2D eigenvalue weighted by Gasteiger charge is -2.32. The number of nitrogen functional groups attached to an aromatic ring is 1. The number of carbonyl (C=O) groups is 1. The van der Waals surface area contributed by atoms with Gasteiger partial charge in [-0.3, -0.25) is 9.69 Å². The van der Waals surface area contributed by atoms with Crippen LogP contribution >= 0.6 is 0 Å². The van der Waals surface area contributed by atoms with Gasteiger partial charge in [0.2, 0.25) is 5.95 Å². The SMILES string of the molecule is CC1CCCCC1.CN1CCN(Cc2ccccc2-c2cnc(Nc3ccc(C#Cc4cc(C(=O)NC5CC5)ccn4)cc3)nc2N)CC1. The van der Waals surface area contributed by atoms with Crippen molar-refractivity contribution in [2.75, 3.05) is 44.3 Å². The topological polar surface area (TPSA) is 112 Å². The van der Waals surface area contributed by atoms with E-state index in [1.54, 1.807) is 24.5 Å². The van der Waals surface area contributed by atoms with Gasteiger partial charge in [-0.05, 0) is 79.3 Å². The Kier molecular flexibility index (Phi) is 11.5. The lowest BCUT2D eigenvalue weighted by atomic mass is 9.91. The molecule has 0 radical (unpaired) electrons. The number of piperazine rings is 1. The Balaban J connectivity index is 0.000000531. The molecule has 2 aromatic carbocycles. The summed E-state index contributed by atoms with van der Waals surface area (Å²) < 4.78 is 0. The third-order valence-corrected chi connectivity index (χ3v) is 9.42. The van der Waals surface area contributed by atoms with Crippen LogP contribution in [0.5, 0.6) is 0 Å². The number of aromatic nitrogens is 3. The van der Waals surface area contributed by atoms with Crippen LogP contribution in [0.2, 0.25) is 0 Å². The third kappa shape index (κ3) is 10.1. The number of hydrogen-bond acceptors (Lipinski definition) is 8. The Bertz CT molecular complexity index is 1760. The highest BCUT2D eigenvalue weighted by molar-refractivity contribution is 5.94. The van der Waals surface area contributed by atoms with Gasteiger partial charge in [-0.1, -0.05) is 69.2 Å². The van der Waals surface area contributed by atoms with E-state index in [0.29, 0.717) is 29.1 Å². The minimum atomic E-state index is -0.0795. The van der Waals surface area contributed by atoms with Crippen molar-refractivity contribution in [1.29, 1.82) is 0 Å². The number of carbonyl (C=O) groups excluding carboxylic acids is 1. The van der Waals surface area contributed by atoms with Crippen molar-refractivity contribution in [2.24, 2.45) is 5.92 Å². The maximum absolute atomic E-state index is 12.3. The first kappa shape index (κ1) is 34.1. The molecule has 0 atom stereocenters. The van der Waals surface area contributed by atoms with Crippen molar-refractivity contribution >= 4 is 23.4 Å². The van der Waals surface area contributed by atoms with Crippen LogP contribution in [-0.2, 0) is 6.54 Å². The summed E-state index contributed by atoms with van der Waals surface area (Å²) in [6.07, 6.45) is 12.9. The van der Waals surface area contributed by atoms with Crippen LogP contribution in [0, 0.1) is 17.8 Å². The van der Waals surface area contributed by atoms with Gasteiger partial charge in [0.15, 0.2) is 0 Å². The van der Waals surface area contributed by atoms with Crippen LogP contribution in [0.15, 0.2) is 73.1 Å². The molecule has 9 nitrogen and oxygen atoms in total. The molecule has 3 aliphatic rings. The zero-order valence-electron chi connectivity index (χ0n) is 28.8. The fourth-order valence-electron chi connectivity index (χ4n) is 6.18. The molecule has 3 heterocycles. The smallest absolute Gasteiger partial charge is 0.251 e. The van der Waals surface area contributed by atoms with Gasteiger partial charge in [-0.25, -0.2) is 9.97 Å². The Morgan fingerprint density at radius 2 is 1.65 bits per heavy atom. The molecular weight excluding hydrogens is 608 g/mol. The van der Waals surface area contributed by atoms with Crippen molar-refractivity contribution < 1.29 is 4.79 Å². The predicted octanol–water partition coefficient (Wildman–Crippen LogP) is 6.49. The van der Waals surface area contributed by atoms with Gasteiger partial charge in [0.05, 0.1) is 0 Å². The Hall–Kier alpha value is -4.78. The van der Waals surface area contributed by atoms with Crippen molar-refractivity contribution in [3.05, 3.63) is 95.4 Å². The van der Waals surface area contributed by atoms with Crippen molar-refractivity contribution in [3.63, 3.8) is 0 Å². The monoisotopic (exact) mass is 656 g/mol. The van der Waals surface area contributed by atoms with Crippen LogP contribution in [0.25, 0.3) is 11.1 Å². The van der Waals surface area contributed by atoms with E-state index >= 15 is 0 Å². The van der Waals surface area contributed by atoms with Gasteiger partial charge >= 0.3 is 0 Å². The van der Waals surface area contributed by atoms with Gasteiger partial charge < -0.3 is 21.3 Å². The van der Waals surface area contributed by atoms with E-state index in [1.807, 2.05) is 30.3 Å². The van der Waals surface area contributed by atoms with Crippen molar-refractivity contribution in [3.8, 4) is 23.0 Å². The fraction of sp³-hybridized carbons (Fsp3) is 0.400. The number of nitrogens with zero attached hydrogens (tertiary/aromatic N) is 5. The van der Waals surface area contributed by atoms with Crippen LogP contribution in [0.3, 0.4) is 0 Å². The second kappa shape index (κ2) is 16.6. The van der Waals surface area contributed by atoms with Gasteiger partial charge in [-0.15, -0.1) is 0 Å². The maximum Gasteiger partial charge on any atom is 0.251 e. The largest absolute Gasteiger partial charge is 0.383 e. The molecular formula is C40H48N8O. The van der Waals surface area contributed by atoms with Crippen molar-refractivity contribution in [1.82, 2.24) is 30.1 Å². The molecule has 1 amide bonds. The van der Waals surface area contributed by atoms with E-state index in [9.17, 15) is 4.79 Å². The minimum Gasteiger partial charge on any atom is -0.383 e. The number of anilines is 3. The highest BCUT2D eigenvalue weighted by Gasteiger charge is 2.24. The quantitative estimate of drug-likeness (QED) is 0.194. The average Bonchev–Trinajstić information content (AvgIpc) is 3.94. The molecule has 3 fully saturated rings. The third-order valence-electron chi connectivity index (χ3n) is 9.42. The summed E-state index contributed by atoms with van der Waals surface area (Å²) in [5.74, 6) is 7.98. The van der Waals surface area contributed by atoms with E-state index in [0.717, 1.165) is 73.9 Å². The molecule has 254 valence electrons. The summed E-state index contributed by atoms with van der Waals surface area (Å²) in [5.41, 5.74) is 12.3. The van der Waals surface area contributed by atoms with E-state index < -0.39 is 0 Å². The molecule has 4 aromatic rings. The molecule has 0 bridgehead atoms. The molecule has 7 rings (SSSR count). The minimum absolute atomic E-state index is 0.0795. The first-order valence-corrected chi connectivity index (χ1v) is 17.7. The van der Waals surface area contributed by atoms with Gasteiger partial charge in [0, 0.05) is 73.5 Å². The lowest BCUT2D eigenvalue weighted by Crippen LogP contribution is -2.43. The molecule has 2 aliphatic carbocycles. The van der Waals surface area contributed by atoms with Crippen LogP contribution in [-0.4, -0.2) is 69.9 Å². The highest BCUT2D eigenvalue weighted by atomic mass is 16.1. The number of likely N-dealkylation sites (N-methyl/N-ethyl adjacent to an activating group) is 1. The molecule has 9 heteroatoms. The number of benzene rings is 2. The molecule has 0 spiro atoms. The molecule has 1 aliphatic heterocycles. The number of nitrogens with one attached hydrogen (secondary N) is 2. The number of amides is 1. The molecule has 1 saturated heterocycles. The van der Waals surface area contributed by atoms with E-state index in [1.165, 1.54) is 37.7 Å². The average molecular weight is 657 g/mol. The van der Waals surface area contributed by atoms with Gasteiger partial charge in [-0.2, -0.15) is 4.98 Å². The molecule has 0 unspecified atom stereocenters. The highest BCUT2D eigenvalue weighted by Crippen LogP contribution is 2.30. The molecule has 49 heavy (non-hydrogen) atoms. The number of nitrogens with two attached hydrogens (primary N) is 1. The summed E-state index contributed by atoms with van der Waals surface area (Å²) in [5, 5.41) is 6.22. The normalized spacial score (nSPS) is 16.9. The van der Waals surface area contributed by atoms with Crippen molar-refractivity contribution in [2.45, 2.75) is 64.5 Å². The summed E-state index contributed by atoms with van der Waals surface area (Å²) in [7, 11) is 2.17. The molecule has 4 N–H and O–H groups in total. The van der Waals surface area contributed by atoms with E-state index in [2.05, 4.69) is 79.4 Å². The Labute approximate surface area is 290 Å². The number of pyridine rings is 1. The van der Waals surface area contributed by atoms with Gasteiger partial charge in [0.25, 0.3) is 5.91 Å². The number of hydrogen-bond donors (Lipinski definition) is 3. The predicted molar refractivity (Wildman–Crippen MR) is 197 cm³/mol. The second-order valence-electron chi connectivity index (χ2n) is 13.6.